The van der Waals surface area contributed by atoms with Crippen LogP contribution in [0.5, 0.6) is 0 Å². The summed E-state index contributed by atoms with van der Waals surface area (Å²) in [4.78, 5) is 4.21. The van der Waals surface area contributed by atoms with Crippen molar-refractivity contribution < 1.29 is 12.9 Å². The lowest BCUT2D eigenvalue weighted by atomic mass is 10.2. The third-order valence-corrected chi connectivity index (χ3v) is 6.96. The summed E-state index contributed by atoms with van der Waals surface area (Å²) in [7, 11) is -3.62. The molecule has 0 bridgehead atoms. The van der Waals surface area contributed by atoms with Crippen LogP contribution in [0, 0.1) is 6.92 Å². The second-order valence-corrected chi connectivity index (χ2v) is 9.77. The number of aryl methyl sites for hydroxylation is 1. The second kappa shape index (κ2) is 8.05. The van der Waals surface area contributed by atoms with Gasteiger partial charge in [0.25, 0.3) is 0 Å². The molecule has 0 amide bonds. The van der Waals surface area contributed by atoms with E-state index in [4.69, 9.17) is 16.1 Å². The molecule has 0 saturated heterocycles. The number of hydrogen-bond acceptors (Lipinski definition) is 6. The van der Waals surface area contributed by atoms with Crippen molar-refractivity contribution >= 4 is 21.4 Å². The van der Waals surface area contributed by atoms with Gasteiger partial charge < -0.3 is 4.52 Å². The molecule has 3 rings (SSSR count). The molecule has 2 aromatic heterocycles. The quantitative estimate of drug-likeness (QED) is 0.569. The van der Waals surface area contributed by atoms with Gasteiger partial charge in [0.1, 0.15) is 10.4 Å². The van der Waals surface area contributed by atoms with Gasteiger partial charge in [-0.25, -0.2) is 13.1 Å². The Labute approximate surface area is 169 Å². The Morgan fingerprint density at radius 2 is 1.86 bits per heavy atom. The van der Waals surface area contributed by atoms with Crippen molar-refractivity contribution in [3.05, 3.63) is 64.0 Å². The van der Waals surface area contributed by atoms with E-state index in [9.17, 15) is 8.42 Å². The molecule has 9 heteroatoms. The zero-order valence-electron chi connectivity index (χ0n) is 16.3. The van der Waals surface area contributed by atoms with E-state index in [0.717, 1.165) is 5.56 Å². The molecule has 7 nitrogen and oxygen atoms in total. The van der Waals surface area contributed by atoms with Gasteiger partial charge in [0, 0.05) is 11.5 Å². The summed E-state index contributed by atoms with van der Waals surface area (Å²) in [5.74, 6) is 0.393. The molecule has 0 aliphatic rings. The largest absolute Gasteiger partial charge is 0.338 e. The van der Waals surface area contributed by atoms with Crippen LogP contribution in [-0.2, 0) is 22.1 Å². The molecule has 150 valence electrons. The highest BCUT2D eigenvalue weighted by Crippen LogP contribution is 2.29. The molecule has 28 heavy (non-hydrogen) atoms. The second-order valence-electron chi connectivity index (χ2n) is 7.09. The molecule has 1 atom stereocenters. The van der Waals surface area contributed by atoms with Crippen molar-refractivity contribution in [2.45, 2.75) is 51.2 Å². The minimum atomic E-state index is -3.62. The zero-order valence-corrected chi connectivity index (χ0v) is 17.8. The summed E-state index contributed by atoms with van der Waals surface area (Å²) >= 11 is 6.47. The Morgan fingerprint density at radius 3 is 2.46 bits per heavy atom. The van der Waals surface area contributed by atoms with E-state index in [1.807, 2.05) is 44.2 Å². The Kier molecular flexibility index (Phi) is 5.90. The van der Waals surface area contributed by atoms with E-state index >= 15 is 0 Å². The first-order chi connectivity index (χ1) is 13.2. The maximum atomic E-state index is 12.9. The number of hydrogen-bond donors (Lipinski definition) is 0. The van der Waals surface area contributed by atoms with Crippen LogP contribution in [0.3, 0.4) is 0 Å². The van der Waals surface area contributed by atoms with Gasteiger partial charge in [-0.3, -0.25) is 0 Å². The molecule has 2 heterocycles. The number of rotatable bonds is 7. The third kappa shape index (κ3) is 4.28. The molecule has 0 aliphatic heterocycles. The van der Waals surface area contributed by atoms with E-state index in [1.54, 1.807) is 18.5 Å². The maximum Gasteiger partial charge on any atom is 0.244 e. The first-order valence-corrected chi connectivity index (χ1v) is 11.1. The van der Waals surface area contributed by atoms with Gasteiger partial charge in [0.05, 0.1) is 18.0 Å². The average Bonchev–Trinajstić information content (AvgIpc) is 3.23. The SMILES string of the molecule is Cc1nn(Cc2ccccc2)c(Cl)c1CS(=O)(=O)C(C)c1nc(C(C)C)no1. The number of nitrogens with zero attached hydrogens (tertiary/aromatic N) is 4. The highest BCUT2D eigenvalue weighted by atomic mass is 35.5. The minimum Gasteiger partial charge on any atom is -0.338 e. The van der Waals surface area contributed by atoms with E-state index in [1.165, 1.54) is 0 Å². The van der Waals surface area contributed by atoms with Gasteiger partial charge in [0.15, 0.2) is 15.7 Å². The third-order valence-electron chi connectivity index (χ3n) is 4.56. The van der Waals surface area contributed by atoms with Crippen molar-refractivity contribution in [1.82, 2.24) is 19.9 Å². The predicted octanol–water partition coefficient (Wildman–Crippen LogP) is 4.08. The highest BCUT2D eigenvalue weighted by Gasteiger charge is 2.31. The van der Waals surface area contributed by atoms with Gasteiger partial charge in [-0.05, 0) is 19.4 Å². The summed E-state index contributed by atoms with van der Waals surface area (Å²) in [6, 6.07) is 9.73. The van der Waals surface area contributed by atoms with Crippen LogP contribution in [0.15, 0.2) is 34.9 Å². The van der Waals surface area contributed by atoms with Crippen LogP contribution >= 0.6 is 11.6 Å². The van der Waals surface area contributed by atoms with E-state index < -0.39 is 15.1 Å². The van der Waals surface area contributed by atoms with Gasteiger partial charge >= 0.3 is 0 Å². The molecule has 1 aromatic carbocycles. The molecule has 1 unspecified atom stereocenters. The van der Waals surface area contributed by atoms with Gasteiger partial charge in [-0.15, -0.1) is 0 Å². The number of aromatic nitrogens is 4. The molecular weight excluding hydrogens is 400 g/mol. The first kappa shape index (κ1) is 20.5. The Balaban J connectivity index is 1.83. The van der Waals surface area contributed by atoms with E-state index in [2.05, 4.69) is 15.2 Å². The highest BCUT2D eigenvalue weighted by molar-refractivity contribution is 7.90. The lowest BCUT2D eigenvalue weighted by Crippen LogP contribution is -2.14. The monoisotopic (exact) mass is 422 g/mol. The smallest absolute Gasteiger partial charge is 0.244 e. The molecule has 0 saturated carbocycles. The Bertz CT molecular complexity index is 1060. The van der Waals surface area contributed by atoms with Crippen molar-refractivity contribution in [1.29, 1.82) is 0 Å². The molecular formula is C19H23ClN4O3S. The fourth-order valence-corrected chi connectivity index (χ4v) is 4.52. The summed E-state index contributed by atoms with van der Waals surface area (Å²) in [6.45, 7) is 7.60. The van der Waals surface area contributed by atoms with Crippen LogP contribution in [0.25, 0.3) is 0 Å². The first-order valence-electron chi connectivity index (χ1n) is 8.99. The minimum absolute atomic E-state index is 0.0558. The molecule has 3 aromatic rings. The predicted molar refractivity (Wildman–Crippen MR) is 107 cm³/mol. The molecule has 0 aliphatic carbocycles. The Hall–Kier alpha value is -2.19. The van der Waals surface area contributed by atoms with Gasteiger partial charge in [-0.1, -0.05) is 60.9 Å². The summed E-state index contributed by atoms with van der Waals surface area (Å²) in [5.41, 5.74) is 2.11. The topological polar surface area (TPSA) is 90.9 Å². The number of benzene rings is 1. The van der Waals surface area contributed by atoms with Crippen LogP contribution < -0.4 is 0 Å². The fraction of sp³-hybridized carbons (Fsp3) is 0.421. The average molecular weight is 423 g/mol. The van der Waals surface area contributed by atoms with E-state index in [0.29, 0.717) is 28.8 Å². The van der Waals surface area contributed by atoms with Crippen LogP contribution in [0.1, 0.15) is 60.5 Å². The molecule has 0 fully saturated rings. The van der Waals surface area contributed by atoms with Crippen molar-refractivity contribution in [3.63, 3.8) is 0 Å². The summed E-state index contributed by atoms with van der Waals surface area (Å²) in [6.07, 6.45) is 0. The lowest BCUT2D eigenvalue weighted by molar-refractivity contribution is 0.369. The summed E-state index contributed by atoms with van der Waals surface area (Å²) < 4.78 is 32.6. The van der Waals surface area contributed by atoms with Crippen LogP contribution in [0.2, 0.25) is 5.15 Å². The van der Waals surface area contributed by atoms with Crippen LogP contribution in [0.4, 0.5) is 0 Å². The van der Waals surface area contributed by atoms with Crippen molar-refractivity contribution in [2.24, 2.45) is 0 Å². The fourth-order valence-electron chi connectivity index (χ4n) is 2.74. The number of sulfone groups is 1. The Morgan fingerprint density at radius 1 is 1.18 bits per heavy atom. The van der Waals surface area contributed by atoms with Crippen molar-refractivity contribution in [2.75, 3.05) is 0 Å². The standard InChI is InChI=1S/C19H23ClN4O3S/c1-12(2)18-21-19(27-23-18)14(4)28(25,26)11-16-13(3)22-24(17(16)20)10-15-8-6-5-7-9-15/h5-9,12,14H,10-11H2,1-4H3. The van der Waals surface area contributed by atoms with E-state index in [-0.39, 0.29) is 17.6 Å². The molecule has 0 N–H and O–H groups in total. The molecule has 0 spiro atoms. The van der Waals surface area contributed by atoms with Gasteiger partial charge in [-0.2, -0.15) is 10.1 Å². The summed E-state index contributed by atoms with van der Waals surface area (Å²) in [5, 5.41) is 7.66. The molecule has 0 radical (unpaired) electrons. The maximum absolute atomic E-state index is 12.9. The zero-order chi connectivity index (χ0) is 20.5. The van der Waals surface area contributed by atoms with Crippen molar-refractivity contribution in [3.8, 4) is 0 Å². The normalized spacial score (nSPS) is 13.2. The van der Waals surface area contributed by atoms with Crippen LogP contribution in [-0.4, -0.2) is 28.3 Å². The lowest BCUT2D eigenvalue weighted by Gasteiger charge is -2.09. The number of halogens is 1. The van der Waals surface area contributed by atoms with Gasteiger partial charge in [0.2, 0.25) is 5.89 Å².